The zero-order chi connectivity index (χ0) is 23.8. The van der Waals surface area contributed by atoms with Gasteiger partial charge in [0.2, 0.25) is 11.8 Å². The van der Waals surface area contributed by atoms with Crippen molar-refractivity contribution in [3.8, 4) is 11.3 Å². The van der Waals surface area contributed by atoms with Crippen LogP contribution < -0.4 is 10.2 Å². The number of benzene rings is 2. The number of aromatic nitrogens is 1. The Morgan fingerprint density at radius 1 is 1.06 bits per heavy atom. The van der Waals surface area contributed by atoms with Crippen LogP contribution in [0.15, 0.2) is 42.5 Å². The Hall–Kier alpha value is -3.03. The van der Waals surface area contributed by atoms with E-state index in [0.29, 0.717) is 11.7 Å². The fourth-order valence-electron chi connectivity index (χ4n) is 4.86. The molecule has 176 valence electrons. The van der Waals surface area contributed by atoms with Gasteiger partial charge in [0.15, 0.2) is 5.13 Å². The van der Waals surface area contributed by atoms with Crippen molar-refractivity contribution in [1.82, 2.24) is 9.88 Å². The Bertz CT molecular complexity index is 1250. The number of nitrogens with zero attached hydrogens (tertiary/aromatic N) is 3. The lowest BCUT2D eigenvalue weighted by molar-refractivity contribution is -0.121. The van der Waals surface area contributed by atoms with Gasteiger partial charge in [0, 0.05) is 41.7 Å². The minimum Gasteiger partial charge on any atom is -0.312 e. The summed E-state index contributed by atoms with van der Waals surface area (Å²) in [6.45, 7) is 8.69. The van der Waals surface area contributed by atoms with Gasteiger partial charge in [-0.05, 0) is 48.6 Å². The van der Waals surface area contributed by atoms with Crippen molar-refractivity contribution in [2.75, 3.05) is 29.9 Å². The highest BCUT2D eigenvalue weighted by atomic mass is 32.1. The molecule has 0 spiro atoms. The fraction of sp³-hybridized carbons (Fsp3) is 0.370. The number of aryl methyl sites for hydroxylation is 1. The third-order valence-corrected chi connectivity index (χ3v) is 7.51. The van der Waals surface area contributed by atoms with E-state index in [1.807, 2.05) is 37.8 Å². The lowest BCUT2D eigenvalue weighted by atomic mass is 10.00. The van der Waals surface area contributed by atoms with Crippen LogP contribution in [-0.4, -0.2) is 41.3 Å². The van der Waals surface area contributed by atoms with E-state index >= 15 is 0 Å². The Kier molecular flexibility index (Phi) is 6.23. The first-order valence-electron chi connectivity index (χ1n) is 11.9. The summed E-state index contributed by atoms with van der Waals surface area (Å²) in [7, 11) is 0. The highest BCUT2D eigenvalue weighted by molar-refractivity contribution is 7.16. The van der Waals surface area contributed by atoms with Crippen LogP contribution in [0, 0.1) is 12.8 Å². The van der Waals surface area contributed by atoms with Gasteiger partial charge in [-0.3, -0.25) is 14.5 Å². The molecule has 0 aliphatic carbocycles. The van der Waals surface area contributed by atoms with Gasteiger partial charge in [-0.15, -0.1) is 11.3 Å². The molecule has 0 saturated carbocycles. The summed E-state index contributed by atoms with van der Waals surface area (Å²) in [4.78, 5) is 35.1. The number of hydrogen-bond donors (Lipinski definition) is 1. The summed E-state index contributed by atoms with van der Waals surface area (Å²) in [5.74, 6) is 0.118. The van der Waals surface area contributed by atoms with Gasteiger partial charge >= 0.3 is 0 Å². The minimum atomic E-state index is -0.0310. The average molecular weight is 475 g/mol. The standard InChI is InChI=1S/C27H30N4O2S/c1-17(2)26(33)31-13-11-20-14-21(8-9-23(20)31)25-18(3)34-27(29-25)28-24(32)16-30-12-10-19-6-4-5-7-22(19)15-30/h4-9,14,17H,10-13,15-16H2,1-3H3,(H,28,29,32). The van der Waals surface area contributed by atoms with Crippen LogP contribution in [0.5, 0.6) is 0 Å². The second kappa shape index (κ2) is 9.31. The van der Waals surface area contributed by atoms with Gasteiger partial charge in [-0.2, -0.15) is 0 Å². The summed E-state index contributed by atoms with van der Waals surface area (Å²) in [5.41, 5.74) is 6.79. The average Bonchev–Trinajstić information content (AvgIpc) is 3.40. The number of hydrogen-bond acceptors (Lipinski definition) is 5. The highest BCUT2D eigenvalue weighted by Gasteiger charge is 2.27. The van der Waals surface area contributed by atoms with E-state index in [2.05, 4.69) is 40.5 Å². The van der Waals surface area contributed by atoms with Gasteiger partial charge in [0.25, 0.3) is 0 Å². The lowest BCUT2D eigenvalue weighted by Gasteiger charge is -2.27. The van der Waals surface area contributed by atoms with E-state index in [1.165, 1.54) is 28.0 Å². The fourth-order valence-corrected chi connectivity index (χ4v) is 5.71. The summed E-state index contributed by atoms with van der Waals surface area (Å²) in [6.07, 6.45) is 1.83. The Morgan fingerprint density at radius 2 is 1.82 bits per heavy atom. The Balaban J connectivity index is 1.26. The van der Waals surface area contributed by atoms with E-state index in [9.17, 15) is 9.59 Å². The summed E-state index contributed by atoms with van der Waals surface area (Å²) in [5, 5.41) is 3.64. The molecule has 3 heterocycles. The first-order valence-corrected chi connectivity index (χ1v) is 12.7. The molecule has 0 unspecified atom stereocenters. The number of nitrogens with one attached hydrogen (secondary N) is 1. The van der Waals surface area contributed by atoms with Crippen LogP contribution in [-0.2, 0) is 29.0 Å². The molecule has 2 aliphatic heterocycles. The van der Waals surface area contributed by atoms with Gasteiger partial charge in [-0.1, -0.05) is 44.2 Å². The lowest BCUT2D eigenvalue weighted by Crippen LogP contribution is -2.37. The molecule has 2 amide bonds. The summed E-state index contributed by atoms with van der Waals surface area (Å²) in [6, 6.07) is 14.6. The molecule has 1 N–H and O–H groups in total. The van der Waals surface area contributed by atoms with Gasteiger partial charge in [-0.25, -0.2) is 4.98 Å². The number of carbonyl (C=O) groups excluding carboxylic acids is 2. The molecule has 0 saturated heterocycles. The van der Waals surface area contributed by atoms with Crippen molar-refractivity contribution in [1.29, 1.82) is 0 Å². The van der Waals surface area contributed by atoms with Crippen LogP contribution in [0.1, 0.15) is 35.4 Å². The van der Waals surface area contributed by atoms with Crippen molar-refractivity contribution in [2.45, 2.75) is 40.2 Å². The van der Waals surface area contributed by atoms with E-state index < -0.39 is 0 Å². The van der Waals surface area contributed by atoms with E-state index in [-0.39, 0.29) is 17.7 Å². The third-order valence-electron chi connectivity index (χ3n) is 6.63. The molecular formula is C27H30N4O2S. The van der Waals surface area contributed by atoms with Crippen molar-refractivity contribution >= 4 is 34.0 Å². The van der Waals surface area contributed by atoms with Crippen LogP contribution in [0.4, 0.5) is 10.8 Å². The zero-order valence-corrected chi connectivity index (χ0v) is 20.7. The maximum atomic E-state index is 12.7. The second-order valence-corrected chi connectivity index (χ2v) is 10.6. The number of fused-ring (bicyclic) bond motifs is 2. The molecular weight excluding hydrogens is 444 g/mol. The van der Waals surface area contributed by atoms with Crippen LogP contribution >= 0.6 is 11.3 Å². The maximum Gasteiger partial charge on any atom is 0.240 e. The Labute approximate surface area is 204 Å². The third kappa shape index (κ3) is 4.50. The molecule has 7 heteroatoms. The van der Waals surface area contributed by atoms with E-state index in [4.69, 9.17) is 4.98 Å². The molecule has 34 heavy (non-hydrogen) atoms. The molecule has 0 bridgehead atoms. The topological polar surface area (TPSA) is 65.5 Å². The normalized spacial score (nSPS) is 15.4. The molecule has 0 atom stereocenters. The number of anilines is 2. The number of thiazole rings is 1. The minimum absolute atomic E-state index is 0.0164. The van der Waals surface area contributed by atoms with Crippen LogP contribution in [0.25, 0.3) is 11.3 Å². The first kappa shape index (κ1) is 22.7. The van der Waals surface area contributed by atoms with Crippen molar-refractivity contribution < 1.29 is 9.59 Å². The predicted molar refractivity (Wildman–Crippen MR) is 137 cm³/mol. The molecule has 5 rings (SSSR count). The molecule has 0 fully saturated rings. The first-order chi connectivity index (χ1) is 16.4. The van der Waals surface area contributed by atoms with Gasteiger partial charge < -0.3 is 10.2 Å². The number of carbonyl (C=O) groups is 2. The molecule has 3 aromatic rings. The molecule has 0 radical (unpaired) electrons. The van der Waals surface area contributed by atoms with Gasteiger partial charge in [0.1, 0.15) is 0 Å². The largest absolute Gasteiger partial charge is 0.312 e. The second-order valence-electron chi connectivity index (χ2n) is 9.44. The molecule has 1 aromatic heterocycles. The maximum absolute atomic E-state index is 12.7. The highest BCUT2D eigenvalue weighted by Crippen LogP contribution is 2.36. The van der Waals surface area contributed by atoms with Gasteiger partial charge in [0.05, 0.1) is 12.2 Å². The van der Waals surface area contributed by atoms with Crippen molar-refractivity contribution in [3.63, 3.8) is 0 Å². The zero-order valence-electron chi connectivity index (χ0n) is 19.9. The quantitative estimate of drug-likeness (QED) is 0.584. The Morgan fingerprint density at radius 3 is 2.62 bits per heavy atom. The van der Waals surface area contributed by atoms with Crippen molar-refractivity contribution in [3.05, 3.63) is 64.0 Å². The smallest absolute Gasteiger partial charge is 0.240 e. The number of amides is 2. The van der Waals surface area contributed by atoms with Crippen LogP contribution in [0.3, 0.4) is 0 Å². The van der Waals surface area contributed by atoms with E-state index in [1.54, 1.807) is 0 Å². The number of rotatable bonds is 5. The molecule has 2 aromatic carbocycles. The van der Waals surface area contributed by atoms with E-state index in [0.717, 1.165) is 54.3 Å². The SMILES string of the molecule is Cc1sc(NC(=O)CN2CCc3ccccc3C2)nc1-c1ccc2c(c1)CCN2C(=O)C(C)C. The van der Waals surface area contributed by atoms with Crippen LogP contribution in [0.2, 0.25) is 0 Å². The summed E-state index contributed by atoms with van der Waals surface area (Å²) >= 11 is 1.50. The predicted octanol–water partition coefficient (Wildman–Crippen LogP) is 4.66. The van der Waals surface area contributed by atoms with Crippen molar-refractivity contribution in [2.24, 2.45) is 5.92 Å². The molecule has 6 nitrogen and oxygen atoms in total. The molecule has 2 aliphatic rings. The monoisotopic (exact) mass is 474 g/mol. The summed E-state index contributed by atoms with van der Waals surface area (Å²) < 4.78 is 0.